The van der Waals surface area contributed by atoms with Gasteiger partial charge in [0.1, 0.15) is 0 Å². The van der Waals surface area contributed by atoms with Crippen molar-refractivity contribution in [2.45, 2.75) is 13.8 Å². The van der Waals surface area contributed by atoms with Crippen LogP contribution in [-0.4, -0.2) is 34.6 Å². The number of rotatable bonds is 2. The van der Waals surface area contributed by atoms with Gasteiger partial charge >= 0.3 is 17.8 Å². The van der Waals surface area contributed by atoms with Gasteiger partial charge in [0.2, 0.25) is 0 Å². The molecule has 1 N–H and O–H groups in total. The summed E-state index contributed by atoms with van der Waals surface area (Å²) in [6.45, 7) is 6.12. The summed E-state index contributed by atoms with van der Waals surface area (Å²) in [4.78, 5) is 36.5. The van der Waals surface area contributed by atoms with E-state index in [2.05, 4.69) is 11.4 Å². The quantitative estimate of drug-likeness (QED) is 0.385. The van der Waals surface area contributed by atoms with Crippen molar-refractivity contribution in [3.8, 4) is 0 Å². The molecular weight excluding hydrogens is 190 g/mol. The molecule has 14 heavy (non-hydrogen) atoms. The van der Waals surface area contributed by atoms with Crippen LogP contribution >= 0.6 is 0 Å². The first-order chi connectivity index (χ1) is 6.40. The summed E-state index contributed by atoms with van der Waals surface area (Å²) >= 11 is 0. The van der Waals surface area contributed by atoms with E-state index in [1.165, 1.54) is 13.8 Å². The first-order valence-corrected chi connectivity index (χ1v) is 3.82. The molecule has 78 valence electrons. The van der Waals surface area contributed by atoms with Gasteiger partial charge in [-0.05, 0) is 13.8 Å². The van der Waals surface area contributed by atoms with Crippen molar-refractivity contribution in [3.05, 3.63) is 12.2 Å². The van der Waals surface area contributed by atoms with Gasteiger partial charge in [0, 0.05) is 5.57 Å². The minimum absolute atomic E-state index is 0.0375. The van der Waals surface area contributed by atoms with Gasteiger partial charge in [-0.15, -0.1) is 0 Å². The first-order valence-electron chi connectivity index (χ1n) is 3.82. The summed E-state index contributed by atoms with van der Waals surface area (Å²) in [5, 5.41) is 8.79. The summed E-state index contributed by atoms with van der Waals surface area (Å²) in [7, 11) is 0. The topological polar surface area (TPSA) is 83.9 Å². The van der Waals surface area contributed by atoms with Crippen LogP contribution in [-0.2, 0) is 19.2 Å². The van der Waals surface area contributed by atoms with Gasteiger partial charge in [-0.3, -0.25) is 4.79 Å². The van der Waals surface area contributed by atoms with E-state index in [-0.39, 0.29) is 12.1 Å². The third-order valence-electron chi connectivity index (χ3n) is 1.24. The molecule has 6 nitrogen and oxygen atoms in total. The standard InChI is InChI=1S/C8H11NO5/c1-4-9(6(10)7(11)12)14-8(13)5(2)3/h2,4H2,1,3H3,(H,11,12). The van der Waals surface area contributed by atoms with E-state index in [4.69, 9.17) is 5.11 Å². The average Bonchev–Trinajstić information content (AvgIpc) is 2.12. The molecule has 0 aromatic carbocycles. The lowest BCUT2D eigenvalue weighted by Crippen LogP contribution is -2.38. The van der Waals surface area contributed by atoms with E-state index in [9.17, 15) is 14.4 Å². The van der Waals surface area contributed by atoms with Crippen molar-refractivity contribution < 1.29 is 24.3 Å². The lowest BCUT2D eigenvalue weighted by Gasteiger charge is -2.16. The molecular formula is C8H11NO5. The predicted octanol–water partition coefficient (Wildman–Crippen LogP) is -0.0462. The van der Waals surface area contributed by atoms with Gasteiger partial charge in [-0.25, -0.2) is 9.59 Å². The lowest BCUT2D eigenvalue weighted by molar-refractivity contribution is -0.197. The molecule has 0 fully saturated rings. The molecule has 0 aliphatic heterocycles. The third kappa shape index (κ3) is 3.26. The molecule has 1 amide bonds. The van der Waals surface area contributed by atoms with Crippen LogP contribution in [0.25, 0.3) is 0 Å². The van der Waals surface area contributed by atoms with E-state index in [1.807, 2.05) is 0 Å². The maximum Gasteiger partial charge on any atom is 0.397 e. The normalized spacial score (nSPS) is 9.00. The van der Waals surface area contributed by atoms with E-state index in [0.29, 0.717) is 5.06 Å². The average molecular weight is 201 g/mol. The van der Waals surface area contributed by atoms with Gasteiger partial charge in [0.05, 0.1) is 6.54 Å². The molecule has 0 saturated carbocycles. The Bertz CT molecular complexity index is 283. The number of carboxylic acid groups (broad SMARTS) is 1. The Kier molecular flexibility index (Phi) is 4.34. The fourth-order valence-corrected chi connectivity index (χ4v) is 0.534. The predicted molar refractivity (Wildman–Crippen MR) is 45.9 cm³/mol. The molecule has 0 bridgehead atoms. The zero-order valence-corrected chi connectivity index (χ0v) is 7.94. The number of hydroxylamine groups is 2. The fraction of sp³-hybridized carbons (Fsp3) is 0.375. The van der Waals surface area contributed by atoms with Crippen LogP contribution in [0.1, 0.15) is 13.8 Å². The molecule has 0 aliphatic rings. The SMILES string of the molecule is C=C(C)C(=O)ON(CC)C(=O)C(=O)O. The second-order valence-electron chi connectivity index (χ2n) is 2.46. The number of nitrogens with zero attached hydrogens (tertiary/aromatic N) is 1. The Balaban J connectivity index is 4.45. The zero-order chi connectivity index (χ0) is 11.3. The summed E-state index contributed by atoms with van der Waals surface area (Å²) in [5.74, 6) is -3.80. The van der Waals surface area contributed by atoms with Gasteiger partial charge < -0.3 is 9.94 Å². The maximum atomic E-state index is 10.9. The van der Waals surface area contributed by atoms with E-state index in [1.54, 1.807) is 0 Å². The summed E-state index contributed by atoms with van der Waals surface area (Å²) < 4.78 is 0. The number of carbonyl (C=O) groups excluding carboxylic acids is 2. The molecule has 0 unspecified atom stereocenters. The van der Waals surface area contributed by atoms with Crippen LogP contribution in [0.4, 0.5) is 0 Å². The number of carboxylic acids is 1. The number of amides is 1. The van der Waals surface area contributed by atoms with Crippen LogP contribution in [0.15, 0.2) is 12.2 Å². The van der Waals surface area contributed by atoms with Crippen LogP contribution in [0, 0.1) is 0 Å². The van der Waals surface area contributed by atoms with Crippen molar-refractivity contribution in [1.82, 2.24) is 5.06 Å². The number of likely N-dealkylation sites (N-methyl/N-ethyl adjacent to an activating group) is 1. The largest absolute Gasteiger partial charge is 0.474 e. The van der Waals surface area contributed by atoms with Crippen LogP contribution in [0.3, 0.4) is 0 Å². The summed E-state index contributed by atoms with van der Waals surface area (Å²) in [6.07, 6.45) is 0. The van der Waals surface area contributed by atoms with Gasteiger partial charge in [0.15, 0.2) is 0 Å². The molecule has 0 heterocycles. The summed E-state index contributed by atoms with van der Waals surface area (Å²) in [5.41, 5.74) is 0.0849. The number of aliphatic carboxylic acids is 1. The summed E-state index contributed by atoms with van der Waals surface area (Å²) in [6, 6.07) is 0. The Morgan fingerprint density at radius 1 is 1.43 bits per heavy atom. The highest BCUT2D eigenvalue weighted by Gasteiger charge is 2.23. The van der Waals surface area contributed by atoms with E-state index in [0.717, 1.165) is 0 Å². The zero-order valence-electron chi connectivity index (χ0n) is 7.94. The molecule has 0 aromatic heterocycles. The van der Waals surface area contributed by atoms with Gasteiger partial charge in [-0.1, -0.05) is 6.58 Å². The highest BCUT2D eigenvalue weighted by Crippen LogP contribution is 1.98. The van der Waals surface area contributed by atoms with Crippen molar-refractivity contribution in [3.63, 3.8) is 0 Å². The number of hydrogen-bond acceptors (Lipinski definition) is 4. The smallest absolute Gasteiger partial charge is 0.397 e. The minimum Gasteiger partial charge on any atom is -0.474 e. The Labute approximate surface area is 80.7 Å². The van der Waals surface area contributed by atoms with Crippen molar-refractivity contribution in [1.29, 1.82) is 0 Å². The first kappa shape index (κ1) is 12.2. The Morgan fingerprint density at radius 3 is 2.21 bits per heavy atom. The van der Waals surface area contributed by atoms with Crippen LogP contribution in [0.2, 0.25) is 0 Å². The Hall–Kier alpha value is -1.85. The minimum atomic E-state index is -1.68. The molecule has 0 aromatic rings. The highest BCUT2D eigenvalue weighted by atomic mass is 16.7. The molecule has 6 heteroatoms. The molecule has 0 saturated heterocycles. The molecule has 0 radical (unpaired) electrons. The van der Waals surface area contributed by atoms with Gasteiger partial charge in [-0.2, -0.15) is 5.06 Å². The second-order valence-corrected chi connectivity index (χ2v) is 2.46. The van der Waals surface area contributed by atoms with Crippen LogP contribution < -0.4 is 0 Å². The van der Waals surface area contributed by atoms with Crippen molar-refractivity contribution >= 4 is 17.8 Å². The molecule has 0 atom stereocenters. The van der Waals surface area contributed by atoms with E-state index < -0.39 is 17.8 Å². The number of carbonyl (C=O) groups is 3. The van der Waals surface area contributed by atoms with Crippen molar-refractivity contribution in [2.75, 3.05) is 6.54 Å². The lowest BCUT2D eigenvalue weighted by atomic mass is 10.4. The fourth-order valence-electron chi connectivity index (χ4n) is 0.534. The molecule has 0 rings (SSSR count). The molecule has 0 aliphatic carbocycles. The van der Waals surface area contributed by atoms with Crippen LogP contribution in [0.5, 0.6) is 0 Å². The molecule has 0 spiro atoms. The maximum absolute atomic E-state index is 10.9. The third-order valence-corrected chi connectivity index (χ3v) is 1.24. The highest BCUT2D eigenvalue weighted by molar-refractivity contribution is 6.31. The van der Waals surface area contributed by atoms with Crippen molar-refractivity contribution in [2.24, 2.45) is 0 Å². The second kappa shape index (κ2) is 5.00. The Morgan fingerprint density at radius 2 is 1.93 bits per heavy atom. The van der Waals surface area contributed by atoms with Gasteiger partial charge in [0.25, 0.3) is 0 Å². The number of hydrogen-bond donors (Lipinski definition) is 1. The van der Waals surface area contributed by atoms with E-state index >= 15 is 0 Å². The monoisotopic (exact) mass is 201 g/mol.